The van der Waals surface area contributed by atoms with Gasteiger partial charge in [0, 0.05) is 13.9 Å². The molecule has 0 saturated carbocycles. The van der Waals surface area contributed by atoms with Gasteiger partial charge < -0.3 is 9.98 Å². The summed E-state index contributed by atoms with van der Waals surface area (Å²) in [6.07, 6.45) is 10.8. The van der Waals surface area contributed by atoms with Crippen LogP contribution in [0.2, 0.25) is 0 Å². The fraction of sp³-hybridized carbons (Fsp3) is 0.208. The van der Waals surface area contributed by atoms with Crippen LogP contribution in [0, 0.1) is 24.4 Å². The summed E-state index contributed by atoms with van der Waals surface area (Å²) in [5.74, 6) is -0.220. The molecule has 6 rings (SSSR count). The molecule has 5 aromatic carbocycles. The van der Waals surface area contributed by atoms with E-state index < -0.39 is 24.5 Å². The molecule has 0 N–H and O–H groups in total. The molecule has 0 bridgehead atoms. The van der Waals surface area contributed by atoms with Gasteiger partial charge in [0.25, 0.3) is 0 Å². The molecule has 0 spiro atoms. The molecule has 0 saturated heterocycles. The van der Waals surface area contributed by atoms with Crippen LogP contribution in [0.4, 0.5) is 0 Å². The van der Waals surface area contributed by atoms with Crippen molar-refractivity contribution in [2.75, 3.05) is 0 Å². The van der Waals surface area contributed by atoms with Crippen LogP contribution in [0.15, 0.2) is 152 Å². The van der Waals surface area contributed by atoms with Crippen molar-refractivity contribution < 1.29 is 28.3 Å². The normalized spacial score (nSPS) is 14.4. The van der Waals surface area contributed by atoms with Crippen LogP contribution in [0.1, 0.15) is 96.0 Å². The molecule has 3 nitrogen and oxygen atoms in total. The van der Waals surface area contributed by atoms with Crippen LogP contribution in [-0.2, 0) is 26.5 Å². The Bertz CT molecular complexity index is 2650. The van der Waals surface area contributed by atoms with Crippen molar-refractivity contribution in [3.05, 3.63) is 203 Å². The summed E-state index contributed by atoms with van der Waals surface area (Å²) in [5, 5.41) is 9.62. The number of para-hydroxylation sites is 3. The molecule has 0 radical (unpaired) electrons. The number of rotatable bonds is 11. The minimum absolute atomic E-state index is 0. The first-order valence-corrected chi connectivity index (χ1v) is 18.8. The second kappa shape index (κ2) is 20.7. The molecular weight excluding hydrogens is 871 g/mol. The Morgan fingerprint density at radius 2 is 1.68 bits per heavy atom. The number of nitrogens with zero attached hydrogens (tertiary/aromatic N) is 3. The summed E-state index contributed by atoms with van der Waals surface area (Å²) >= 11 is 0. The van der Waals surface area contributed by atoms with Gasteiger partial charge in [0.15, 0.2) is 0 Å². The zero-order valence-corrected chi connectivity index (χ0v) is 36.2. The molecule has 0 atom stereocenters. The van der Waals surface area contributed by atoms with Crippen LogP contribution in [0.5, 0.6) is 0 Å². The maximum Gasteiger partial charge on any atom is 3.00 e. The molecule has 1 aromatic heterocycles. The largest absolute Gasteiger partial charge is 3.00 e. The van der Waals surface area contributed by atoms with Gasteiger partial charge >= 0.3 is 20.1 Å². The Morgan fingerprint density at radius 3 is 2.35 bits per heavy atom. The van der Waals surface area contributed by atoms with E-state index in [0.717, 1.165) is 45.2 Å². The van der Waals surface area contributed by atoms with E-state index in [4.69, 9.17) is 13.2 Å². The minimum atomic E-state index is -2.32. The van der Waals surface area contributed by atoms with Crippen molar-refractivity contribution in [3.8, 4) is 17.1 Å². The van der Waals surface area contributed by atoms with E-state index in [1.165, 1.54) is 6.07 Å². The Morgan fingerprint density at radius 1 is 0.965 bits per heavy atom. The van der Waals surface area contributed by atoms with Gasteiger partial charge in [-0.2, -0.15) is 6.21 Å². The van der Waals surface area contributed by atoms with Crippen LogP contribution >= 0.6 is 0 Å². The number of imidazole rings is 1. The van der Waals surface area contributed by atoms with E-state index >= 15 is 0 Å². The van der Waals surface area contributed by atoms with Gasteiger partial charge in [-0.1, -0.05) is 146 Å². The van der Waals surface area contributed by atoms with Crippen LogP contribution in [-0.4, -0.2) is 15.8 Å². The maximum atomic E-state index is 9.62. The number of fused-ring (bicyclic) bond motifs is 1. The zero-order valence-electron chi connectivity index (χ0n) is 39.8. The molecule has 290 valence electrons. The smallest absolute Gasteiger partial charge is 0.810 e. The number of benzene rings is 5. The Hall–Kier alpha value is -5.41. The van der Waals surface area contributed by atoms with E-state index in [1.54, 1.807) is 24.3 Å². The molecule has 0 fully saturated rings. The van der Waals surface area contributed by atoms with Gasteiger partial charge in [-0.15, -0.1) is 76.9 Å². The Balaban J connectivity index is 0.000000287. The monoisotopic (exact) mass is 931 g/mol. The average Bonchev–Trinajstić information content (AvgIpc) is 3.63. The number of aryl methyl sites for hydroxylation is 1. The molecule has 4 heteroatoms. The Labute approximate surface area is 363 Å². The summed E-state index contributed by atoms with van der Waals surface area (Å²) in [4.78, 5) is 4.92. The van der Waals surface area contributed by atoms with Gasteiger partial charge in [-0.05, 0) is 70.6 Å². The standard InChI is InChI=1S/C30H29N2.C23H25N.Ir/c1-6-7-8-13-22(4)26-20-24(19-18-23(26)5)30-31-27-15-10-12-17-29(27)32(30)28-16-11-9-14-25(28)21(2)3;1-18(20-8-6-5-7-9-20)10-13-22(17-24)21-14-11-19(12-15-21)16-23(2,3)4;/h6-18,20-21H,4H2,1-3,5H3;5-8,10-15,17H,16H2,1-4H3;/q-1;-2;+3/b7-6-,13-8-;18-10+,22-13+;/i5D3,21D;16D2;. The fourth-order valence-corrected chi connectivity index (χ4v) is 6.14. The second-order valence-electron chi connectivity index (χ2n) is 14.7. The van der Waals surface area contributed by atoms with Crippen molar-refractivity contribution in [1.82, 2.24) is 9.55 Å². The van der Waals surface area contributed by atoms with E-state index in [2.05, 4.69) is 18.7 Å². The van der Waals surface area contributed by atoms with Gasteiger partial charge in [-0.3, -0.25) is 4.98 Å². The minimum Gasteiger partial charge on any atom is -0.810 e. The average molecular weight is 931 g/mol. The summed E-state index contributed by atoms with van der Waals surface area (Å²) in [6.45, 7) is 15.1. The number of hydrogen-bond acceptors (Lipinski definition) is 1. The summed E-state index contributed by atoms with van der Waals surface area (Å²) in [7, 11) is 0. The maximum absolute atomic E-state index is 9.62. The predicted octanol–water partition coefficient (Wildman–Crippen LogP) is 14.3. The van der Waals surface area contributed by atoms with Crippen molar-refractivity contribution in [2.45, 2.75) is 67.6 Å². The molecular formula is C53H54IrN3. The second-order valence-corrected chi connectivity index (χ2v) is 14.7. The molecule has 6 aromatic rings. The fourth-order valence-electron chi connectivity index (χ4n) is 6.14. The molecule has 1 heterocycles. The third-order valence-corrected chi connectivity index (χ3v) is 8.91. The number of allylic oxidation sites excluding steroid dienone is 9. The third kappa shape index (κ3) is 11.8. The number of hydrogen-bond donors (Lipinski definition) is 0. The first kappa shape index (κ1) is 36.0. The van der Waals surface area contributed by atoms with E-state index in [9.17, 15) is 5.41 Å². The van der Waals surface area contributed by atoms with E-state index in [0.29, 0.717) is 33.7 Å². The topological polar surface area (TPSA) is 40.1 Å². The van der Waals surface area contributed by atoms with Crippen molar-refractivity contribution >= 4 is 34.0 Å². The molecule has 57 heavy (non-hydrogen) atoms. The number of aromatic nitrogens is 2. The van der Waals surface area contributed by atoms with E-state index in [-0.39, 0.29) is 25.7 Å². The molecule has 0 amide bonds. The Kier molecular flexibility index (Phi) is 13.0. The molecule has 0 aliphatic rings. The summed E-state index contributed by atoms with van der Waals surface area (Å²) in [5.41, 5.74) is 9.05. The first-order chi connectivity index (χ1) is 29.2. The van der Waals surface area contributed by atoms with Gasteiger partial charge in [0.1, 0.15) is 0 Å². The van der Waals surface area contributed by atoms with Crippen molar-refractivity contribution in [2.24, 2.45) is 5.41 Å². The van der Waals surface area contributed by atoms with Crippen molar-refractivity contribution in [1.29, 1.82) is 0 Å². The molecule has 0 unspecified atom stereocenters. The molecule has 0 aliphatic carbocycles. The van der Waals surface area contributed by atoms with Crippen LogP contribution < -0.4 is 0 Å². The summed E-state index contributed by atoms with van der Waals surface area (Å²) < 4.78 is 51.6. The quantitative estimate of drug-likeness (QED) is 0.0725. The molecule has 0 aliphatic heterocycles. The predicted molar refractivity (Wildman–Crippen MR) is 243 cm³/mol. The SMILES string of the molecule is [2H]C([2H])([2H])c1c[c-]c(-c2nc3ccccc3n2-c2ccccc2C([2H])(C)C)cc1C(=C)/C=C\C=C/C.[2H]C([2H])(c1ccc(/C(C=[N-])=C/C=C(\C)c2[c-]cccc2)cc1)C(C)(C)C.[Ir+3]. The van der Waals surface area contributed by atoms with Gasteiger partial charge in [0.2, 0.25) is 0 Å². The summed E-state index contributed by atoms with van der Waals surface area (Å²) in [6, 6.07) is 40.4. The first-order valence-electron chi connectivity index (χ1n) is 21.8. The third-order valence-electron chi connectivity index (χ3n) is 8.91. The van der Waals surface area contributed by atoms with Crippen LogP contribution in [0.3, 0.4) is 0 Å². The zero-order chi connectivity index (χ0) is 45.5. The van der Waals surface area contributed by atoms with E-state index in [1.807, 2.05) is 168 Å². The van der Waals surface area contributed by atoms with Crippen LogP contribution in [0.25, 0.3) is 50.2 Å². The van der Waals surface area contributed by atoms with Gasteiger partial charge in [-0.25, -0.2) is 0 Å². The van der Waals surface area contributed by atoms with Gasteiger partial charge in [0.05, 0.1) is 16.9 Å². The van der Waals surface area contributed by atoms with Crippen molar-refractivity contribution in [3.63, 3.8) is 0 Å².